The number of hydrogen-bond acceptors (Lipinski definition) is 3. The van der Waals surface area contributed by atoms with Crippen molar-refractivity contribution in [3.8, 4) is 18.4 Å². The van der Waals surface area contributed by atoms with Crippen LogP contribution in [0, 0.1) is 23.7 Å². The quantitative estimate of drug-likeness (QED) is 0.796. The van der Waals surface area contributed by atoms with Crippen molar-refractivity contribution < 1.29 is 4.79 Å². The van der Waals surface area contributed by atoms with Gasteiger partial charge in [-0.25, -0.2) is 0 Å². The molecule has 0 radical (unpaired) electrons. The molecule has 0 bridgehead atoms. The van der Waals surface area contributed by atoms with Crippen LogP contribution < -0.4 is 0 Å². The normalized spacial score (nSPS) is 17.0. The second-order valence-corrected chi connectivity index (χ2v) is 6.28. The van der Waals surface area contributed by atoms with E-state index in [-0.39, 0.29) is 11.9 Å². The molecule has 0 N–H and O–H groups in total. The molecular formula is C18H14N2OS. The predicted molar refractivity (Wildman–Crippen MR) is 86.4 cm³/mol. The lowest BCUT2D eigenvalue weighted by Gasteiger charge is -2.24. The van der Waals surface area contributed by atoms with Gasteiger partial charge in [-0.05, 0) is 42.7 Å². The maximum Gasteiger partial charge on any atom is 0.264 e. The van der Waals surface area contributed by atoms with Crippen LogP contribution in [-0.2, 0) is 0 Å². The molecule has 1 aromatic carbocycles. The molecule has 22 heavy (non-hydrogen) atoms. The summed E-state index contributed by atoms with van der Waals surface area (Å²) >= 11 is 1.25. The number of thiophene rings is 1. The zero-order chi connectivity index (χ0) is 15.5. The summed E-state index contributed by atoms with van der Waals surface area (Å²) in [7, 11) is 0. The highest BCUT2D eigenvalue weighted by molar-refractivity contribution is 7.14. The Balaban J connectivity index is 1.84. The summed E-state index contributed by atoms with van der Waals surface area (Å²) in [4.78, 5) is 15.8. The molecular weight excluding hydrogens is 292 g/mol. The second kappa shape index (κ2) is 6.05. The van der Waals surface area contributed by atoms with Crippen LogP contribution in [0.1, 0.15) is 44.6 Å². The van der Waals surface area contributed by atoms with Crippen LogP contribution in [0.2, 0.25) is 0 Å². The molecule has 1 saturated heterocycles. The monoisotopic (exact) mass is 306 g/mol. The number of terminal acetylenes is 1. The van der Waals surface area contributed by atoms with E-state index in [2.05, 4.69) is 12.0 Å². The van der Waals surface area contributed by atoms with E-state index in [1.54, 1.807) is 12.1 Å². The van der Waals surface area contributed by atoms with Crippen LogP contribution in [0.15, 0.2) is 36.4 Å². The van der Waals surface area contributed by atoms with Crippen molar-refractivity contribution in [1.29, 1.82) is 5.26 Å². The average molecular weight is 306 g/mol. The topological polar surface area (TPSA) is 44.1 Å². The largest absolute Gasteiger partial charge is 0.331 e. The fraction of sp³-hybridized carbons (Fsp3) is 0.222. The fourth-order valence-corrected chi connectivity index (χ4v) is 3.57. The average Bonchev–Trinajstić information content (AvgIpc) is 3.23. The minimum absolute atomic E-state index is 0.00928. The highest BCUT2D eigenvalue weighted by Gasteiger charge is 2.31. The molecule has 1 aliphatic heterocycles. The molecule has 3 nitrogen and oxygen atoms in total. The standard InChI is InChI=1S/C18H14N2OS/c1-2-13-5-7-14(8-6-13)16-4-3-11-20(16)18(21)17-10-9-15(12-19)22-17/h1,5-10,16H,3-4,11H2. The lowest BCUT2D eigenvalue weighted by atomic mass is 10.0. The van der Waals surface area contributed by atoms with E-state index in [1.165, 1.54) is 11.3 Å². The summed E-state index contributed by atoms with van der Waals surface area (Å²) in [5.74, 6) is 2.61. The third-order valence-corrected chi connectivity index (χ3v) is 4.88. The Labute approximate surface area is 133 Å². The molecule has 1 aliphatic rings. The van der Waals surface area contributed by atoms with Gasteiger partial charge in [0.1, 0.15) is 10.9 Å². The van der Waals surface area contributed by atoms with Crippen LogP contribution >= 0.6 is 11.3 Å². The van der Waals surface area contributed by atoms with Crippen molar-refractivity contribution in [3.63, 3.8) is 0 Å². The van der Waals surface area contributed by atoms with Gasteiger partial charge in [0.25, 0.3) is 5.91 Å². The van der Waals surface area contributed by atoms with E-state index >= 15 is 0 Å². The van der Waals surface area contributed by atoms with Crippen LogP contribution in [0.25, 0.3) is 0 Å². The fourth-order valence-electron chi connectivity index (χ4n) is 2.81. The van der Waals surface area contributed by atoms with E-state index < -0.39 is 0 Å². The van der Waals surface area contributed by atoms with Crippen LogP contribution in [-0.4, -0.2) is 17.4 Å². The number of carbonyl (C=O) groups excluding carboxylic acids is 1. The first-order chi connectivity index (χ1) is 10.7. The Kier molecular flexibility index (Phi) is 3.96. The first-order valence-electron chi connectivity index (χ1n) is 7.10. The Morgan fingerprint density at radius 1 is 1.27 bits per heavy atom. The van der Waals surface area contributed by atoms with Gasteiger partial charge in [0.2, 0.25) is 0 Å². The lowest BCUT2D eigenvalue weighted by Crippen LogP contribution is -2.29. The van der Waals surface area contributed by atoms with Crippen LogP contribution in [0.5, 0.6) is 0 Å². The van der Waals surface area contributed by atoms with Gasteiger partial charge < -0.3 is 4.90 Å². The summed E-state index contributed by atoms with van der Waals surface area (Å²) in [6, 6.07) is 13.4. The van der Waals surface area contributed by atoms with Crippen molar-refractivity contribution in [2.45, 2.75) is 18.9 Å². The third kappa shape index (κ3) is 2.62. The van der Waals surface area contributed by atoms with Gasteiger partial charge in [-0.15, -0.1) is 17.8 Å². The molecule has 0 aliphatic carbocycles. The summed E-state index contributed by atoms with van der Waals surface area (Å²) < 4.78 is 0. The van der Waals surface area contributed by atoms with Gasteiger partial charge in [0, 0.05) is 12.1 Å². The number of hydrogen-bond donors (Lipinski definition) is 0. The van der Waals surface area contributed by atoms with Gasteiger partial charge >= 0.3 is 0 Å². The van der Waals surface area contributed by atoms with Crippen LogP contribution in [0.4, 0.5) is 0 Å². The molecule has 2 heterocycles. The number of benzene rings is 1. The van der Waals surface area contributed by atoms with Gasteiger partial charge in [-0.3, -0.25) is 4.79 Å². The number of rotatable bonds is 2. The van der Waals surface area contributed by atoms with E-state index in [1.807, 2.05) is 29.2 Å². The minimum Gasteiger partial charge on any atom is -0.331 e. The third-order valence-electron chi connectivity index (χ3n) is 3.90. The van der Waals surface area contributed by atoms with E-state index in [0.29, 0.717) is 9.75 Å². The summed E-state index contributed by atoms with van der Waals surface area (Å²) in [5.41, 5.74) is 1.96. The molecule has 108 valence electrons. The molecule has 1 unspecified atom stereocenters. The number of nitrogens with zero attached hydrogens (tertiary/aromatic N) is 2. The molecule has 1 aromatic heterocycles. The maximum atomic E-state index is 12.7. The summed E-state index contributed by atoms with van der Waals surface area (Å²) in [5, 5.41) is 8.90. The van der Waals surface area contributed by atoms with Crippen LogP contribution in [0.3, 0.4) is 0 Å². The number of nitriles is 1. The van der Waals surface area contributed by atoms with E-state index in [0.717, 1.165) is 30.5 Å². The smallest absolute Gasteiger partial charge is 0.264 e. The molecule has 2 aromatic rings. The highest BCUT2D eigenvalue weighted by atomic mass is 32.1. The van der Waals surface area contributed by atoms with E-state index in [4.69, 9.17) is 11.7 Å². The summed E-state index contributed by atoms with van der Waals surface area (Å²) in [6.07, 6.45) is 7.33. The first-order valence-corrected chi connectivity index (χ1v) is 7.92. The van der Waals surface area contributed by atoms with Gasteiger partial charge in [-0.2, -0.15) is 5.26 Å². The molecule has 1 amide bonds. The van der Waals surface area contributed by atoms with Gasteiger partial charge in [-0.1, -0.05) is 18.1 Å². The number of carbonyl (C=O) groups is 1. The van der Waals surface area contributed by atoms with Crippen molar-refractivity contribution >= 4 is 17.2 Å². The SMILES string of the molecule is C#Cc1ccc(C2CCCN2C(=O)c2ccc(C#N)s2)cc1. The zero-order valence-electron chi connectivity index (χ0n) is 12.0. The first kappa shape index (κ1) is 14.4. The Morgan fingerprint density at radius 3 is 2.68 bits per heavy atom. The maximum absolute atomic E-state index is 12.7. The minimum atomic E-state index is 0.00928. The molecule has 4 heteroatoms. The molecule has 1 fully saturated rings. The number of likely N-dealkylation sites (tertiary alicyclic amines) is 1. The molecule has 0 saturated carbocycles. The predicted octanol–water partition coefficient (Wildman–Crippen LogP) is 3.58. The Bertz CT molecular complexity index is 777. The Morgan fingerprint density at radius 2 is 2.05 bits per heavy atom. The Hall–Kier alpha value is -2.56. The highest BCUT2D eigenvalue weighted by Crippen LogP contribution is 2.34. The van der Waals surface area contributed by atoms with E-state index in [9.17, 15) is 4.79 Å². The second-order valence-electron chi connectivity index (χ2n) is 5.20. The van der Waals surface area contributed by atoms with Gasteiger partial charge in [0.15, 0.2) is 0 Å². The molecule has 3 rings (SSSR count). The van der Waals surface area contributed by atoms with Crippen molar-refractivity contribution in [3.05, 3.63) is 57.3 Å². The van der Waals surface area contributed by atoms with Crippen molar-refractivity contribution in [1.82, 2.24) is 4.90 Å². The lowest BCUT2D eigenvalue weighted by molar-refractivity contribution is 0.0740. The van der Waals surface area contributed by atoms with Crippen molar-refractivity contribution in [2.24, 2.45) is 0 Å². The van der Waals surface area contributed by atoms with Gasteiger partial charge in [0.05, 0.1) is 10.9 Å². The molecule has 1 atom stereocenters. The molecule has 0 spiro atoms. The summed E-state index contributed by atoms with van der Waals surface area (Å²) in [6.45, 7) is 0.750. The van der Waals surface area contributed by atoms with Crippen molar-refractivity contribution in [2.75, 3.05) is 6.54 Å². The number of amides is 1. The zero-order valence-corrected chi connectivity index (χ0v) is 12.8.